The van der Waals surface area contributed by atoms with Crippen molar-refractivity contribution in [2.24, 2.45) is 0 Å². The summed E-state index contributed by atoms with van der Waals surface area (Å²) in [6, 6.07) is 8.77. The number of nitrogens with one attached hydrogen (secondary N) is 1. The fourth-order valence-electron chi connectivity index (χ4n) is 1.71. The van der Waals surface area contributed by atoms with Gasteiger partial charge in [0, 0.05) is 18.2 Å². The van der Waals surface area contributed by atoms with Crippen molar-refractivity contribution in [2.45, 2.75) is 13.5 Å². The number of benzene rings is 2. The van der Waals surface area contributed by atoms with Gasteiger partial charge in [0.1, 0.15) is 23.1 Å². The van der Waals surface area contributed by atoms with Crippen LogP contribution in [0, 0.1) is 11.6 Å². The molecule has 0 saturated heterocycles. The molecule has 0 aliphatic carbocycles. The Morgan fingerprint density at radius 2 is 1.95 bits per heavy atom. The monoisotopic (exact) mass is 341 g/mol. The van der Waals surface area contributed by atoms with Crippen molar-refractivity contribution in [1.82, 2.24) is 5.32 Å². The van der Waals surface area contributed by atoms with Gasteiger partial charge in [-0.15, -0.1) is 0 Å². The molecular formula is C15H14BrF2NO. The third-order valence-electron chi connectivity index (χ3n) is 2.71. The molecule has 20 heavy (non-hydrogen) atoms. The van der Waals surface area contributed by atoms with Crippen LogP contribution >= 0.6 is 15.9 Å². The smallest absolute Gasteiger partial charge is 0.141 e. The Balaban J connectivity index is 2.25. The minimum Gasteiger partial charge on any atom is -0.457 e. The summed E-state index contributed by atoms with van der Waals surface area (Å²) in [7, 11) is 0. The van der Waals surface area contributed by atoms with Crippen molar-refractivity contribution in [3.05, 3.63) is 58.1 Å². The first-order valence-electron chi connectivity index (χ1n) is 6.22. The fourth-order valence-corrected chi connectivity index (χ4v) is 1.96. The van der Waals surface area contributed by atoms with E-state index in [1.807, 2.05) is 6.92 Å². The molecule has 0 aromatic heterocycles. The summed E-state index contributed by atoms with van der Waals surface area (Å²) < 4.78 is 32.7. The molecule has 2 aromatic carbocycles. The number of halogens is 3. The van der Waals surface area contributed by atoms with Gasteiger partial charge < -0.3 is 10.1 Å². The highest BCUT2D eigenvalue weighted by molar-refractivity contribution is 9.10. The maximum absolute atomic E-state index is 13.5. The first-order chi connectivity index (χ1) is 9.60. The van der Waals surface area contributed by atoms with Gasteiger partial charge in [-0.3, -0.25) is 0 Å². The van der Waals surface area contributed by atoms with E-state index in [9.17, 15) is 8.78 Å². The van der Waals surface area contributed by atoms with E-state index in [0.29, 0.717) is 28.1 Å². The van der Waals surface area contributed by atoms with Crippen molar-refractivity contribution in [3.8, 4) is 11.5 Å². The number of ether oxygens (including phenoxy) is 1. The van der Waals surface area contributed by atoms with E-state index < -0.39 is 5.82 Å². The number of hydrogen-bond acceptors (Lipinski definition) is 2. The molecule has 5 heteroatoms. The lowest BCUT2D eigenvalue weighted by Crippen LogP contribution is -2.12. The lowest BCUT2D eigenvalue weighted by Gasteiger charge is -2.12. The molecule has 0 heterocycles. The largest absolute Gasteiger partial charge is 0.457 e. The zero-order valence-corrected chi connectivity index (χ0v) is 12.5. The van der Waals surface area contributed by atoms with Gasteiger partial charge in [0.05, 0.1) is 4.47 Å². The highest BCUT2D eigenvalue weighted by atomic mass is 79.9. The Kier molecular flexibility index (Phi) is 5.09. The maximum Gasteiger partial charge on any atom is 0.141 e. The van der Waals surface area contributed by atoms with Crippen LogP contribution in [-0.2, 0) is 6.54 Å². The average molecular weight is 342 g/mol. The predicted octanol–water partition coefficient (Wildman–Crippen LogP) is 4.63. The summed E-state index contributed by atoms with van der Waals surface area (Å²) in [5.41, 5.74) is 0.690. The molecule has 0 aliphatic heterocycles. The molecular weight excluding hydrogens is 328 g/mol. The van der Waals surface area contributed by atoms with Crippen LogP contribution in [-0.4, -0.2) is 6.54 Å². The summed E-state index contributed by atoms with van der Waals surface area (Å²) >= 11 is 3.08. The Labute approximate surface area is 124 Å². The maximum atomic E-state index is 13.5. The van der Waals surface area contributed by atoms with Crippen molar-refractivity contribution in [2.75, 3.05) is 6.54 Å². The normalized spacial score (nSPS) is 10.6. The van der Waals surface area contributed by atoms with Crippen LogP contribution in [0.25, 0.3) is 0 Å². The molecule has 0 aliphatic rings. The van der Waals surface area contributed by atoms with Gasteiger partial charge in [-0.1, -0.05) is 6.92 Å². The molecule has 0 atom stereocenters. The van der Waals surface area contributed by atoms with E-state index in [2.05, 4.69) is 21.2 Å². The minimum absolute atomic E-state index is 0.327. The second-order valence-electron chi connectivity index (χ2n) is 4.21. The SMILES string of the molecule is CCNCc1cc(F)ccc1Oc1ccc(Br)c(F)c1. The Morgan fingerprint density at radius 3 is 2.65 bits per heavy atom. The van der Waals surface area contributed by atoms with Crippen LogP contribution in [0.1, 0.15) is 12.5 Å². The van der Waals surface area contributed by atoms with E-state index in [4.69, 9.17) is 4.74 Å². The topological polar surface area (TPSA) is 21.3 Å². The molecule has 0 radical (unpaired) electrons. The second kappa shape index (κ2) is 6.81. The summed E-state index contributed by atoms with van der Waals surface area (Å²) in [4.78, 5) is 0. The first kappa shape index (κ1) is 14.9. The predicted molar refractivity (Wildman–Crippen MR) is 78.0 cm³/mol. The van der Waals surface area contributed by atoms with Crippen LogP contribution in [0.2, 0.25) is 0 Å². The van der Waals surface area contributed by atoms with Gasteiger partial charge in [0.15, 0.2) is 0 Å². The van der Waals surface area contributed by atoms with Gasteiger partial charge in [-0.2, -0.15) is 0 Å². The Hall–Kier alpha value is -1.46. The molecule has 2 aromatic rings. The van der Waals surface area contributed by atoms with Crippen molar-refractivity contribution in [3.63, 3.8) is 0 Å². The van der Waals surface area contributed by atoms with Gasteiger partial charge >= 0.3 is 0 Å². The lowest BCUT2D eigenvalue weighted by atomic mass is 10.2. The standard InChI is InChI=1S/C15H14BrF2NO/c1-2-19-9-10-7-11(17)3-6-15(10)20-12-4-5-13(16)14(18)8-12/h3-8,19H,2,9H2,1H3. The van der Waals surface area contributed by atoms with Gasteiger partial charge in [0.25, 0.3) is 0 Å². The van der Waals surface area contributed by atoms with Gasteiger partial charge in [-0.05, 0) is 52.8 Å². The quantitative estimate of drug-likeness (QED) is 0.856. The Morgan fingerprint density at radius 1 is 1.15 bits per heavy atom. The zero-order chi connectivity index (χ0) is 14.5. The second-order valence-corrected chi connectivity index (χ2v) is 5.06. The highest BCUT2D eigenvalue weighted by Crippen LogP contribution is 2.28. The van der Waals surface area contributed by atoms with E-state index in [1.54, 1.807) is 18.2 Å². The molecule has 106 valence electrons. The zero-order valence-electron chi connectivity index (χ0n) is 10.9. The molecule has 0 saturated carbocycles. The van der Waals surface area contributed by atoms with Crippen molar-refractivity contribution < 1.29 is 13.5 Å². The van der Waals surface area contributed by atoms with Crippen molar-refractivity contribution >= 4 is 15.9 Å². The molecule has 2 rings (SSSR count). The van der Waals surface area contributed by atoms with E-state index >= 15 is 0 Å². The number of hydrogen-bond donors (Lipinski definition) is 1. The number of rotatable bonds is 5. The summed E-state index contributed by atoms with van der Waals surface area (Å²) in [5.74, 6) is 0.147. The van der Waals surface area contributed by atoms with Crippen LogP contribution < -0.4 is 10.1 Å². The summed E-state index contributed by atoms with van der Waals surface area (Å²) in [6.45, 7) is 3.22. The van der Waals surface area contributed by atoms with Crippen LogP contribution in [0.3, 0.4) is 0 Å². The third kappa shape index (κ3) is 3.77. The van der Waals surface area contributed by atoms with Gasteiger partial charge in [-0.25, -0.2) is 8.78 Å². The van der Waals surface area contributed by atoms with Crippen LogP contribution in [0.15, 0.2) is 40.9 Å². The van der Waals surface area contributed by atoms with Crippen LogP contribution in [0.5, 0.6) is 11.5 Å². The van der Waals surface area contributed by atoms with E-state index in [1.165, 1.54) is 18.2 Å². The third-order valence-corrected chi connectivity index (χ3v) is 3.35. The molecule has 0 amide bonds. The fraction of sp³-hybridized carbons (Fsp3) is 0.200. The average Bonchev–Trinajstić information content (AvgIpc) is 2.43. The molecule has 2 nitrogen and oxygen atoms in total. The van der Waals surface area contributed by atoms with Crippen LogP contribution in [0.4, 0.5) is 8.78 Å². The lowest BCUT2D eigenvalue weighted by molar-refractivity contribution is 0.465. The van der Waals surface area contributed by atoms with Gasteiger partial charge in [0.2, 0.25) is 0 Å². The minimum atomic E-state index is -0.405. The summed E-state index contributed by atoms with van der Waals surface area (Å²) in [5, 5.41) is 3.11. The van der Waals surface area contributed by atoms with E-state index in [-0.39, 0.29) is 5.82 Å². The van der Waals surface area contributed by atoms with E-state index in [0.717, 1.165) is 6.54 Å². The molecule has 1 N–H and O–H groups in total. The first-order valence-corrected chi connectivity index (χ1v) is 7.01. The summed E-state index contributed by atoms with van der Waals surface area (Å²) in [6.07, 6.45) is 0. The molecule has 0 unspecified atom stereocenters. The molecule has 0 bridgehead atoms. The highest BCUT2D eigenvalue weighted by Gasteiger charge is 2.08. The molecule has 0 spiro atoms. The Bertz CT molecular complexity index is 604. The van der Waals surface area contributed by atoms with Crippen molar-refractivity contribution in [1.29, 1.82) is 0 Å². The molecule has 0 fully saturated rings.